The molecule has 0 saturated heterocycles. The van der Waals surface area contributed by atoms with Gasteiger partial charge in [0.15, 0.2) is 8.07 Å². The average molecular weight is 1080 g/mol. The fourth-order valence-electron chi connectivity index (χ4n) is 12.1. The van der Waals surface area contributed by atoms with Gasteiger partial charge in [-0.15, -0.1) is 0 Å². The van der Waals surface area contributed by atoms with Gasteiger partial charge in [0.1, 0.15) is 17.3 Å². The molecule has 2 aliphatic heterocycles. The van der Waals surface area contributed by atoms with Crippen molar-refractivity contribution in [2.75, 3.05) is 15.5 Å². The highest BCUT2D eigenvalue weighted by atomic mass is 28.3. The van der Waals surface area contributed by atoms with Gasteiger partial charge >= 0.3 is 0 Å². The molecular formula is C75H74N4OSi. The summed E-state index contributed by atoms with van der Waals surface area (Å²) in [5.74, 6) is 2.39. The van der Waals surface area contributed by atoms with Crippen LogP contribution < -0.4 is 41.0 Å². The van der Waals surface area contributed by atoms with E-state index in [1.807, 2.05) is 6.20 Å². The number of pyridine rings is 1. The molecule has 0 amide bonds. The minimum absolute atomic E-state index is 0.0381. The van der Waals surface area contributed by atoms with Crippen LogP contribution in [0.5, 0.6) is 11.5 Å². The van der Waals surface area contributed by atoms with Crippen molar-refractivity contribution >= 4 is 68.8 Å². The molecule has 0 aliphatic carbocycles. The van der Waals surface area contributed by atoms with Gasteiger partial charge in [0.25, 0.3) is 0 Å². The number of rotatable bonds is 10. The zero-order valence-corrected chi connectivity index (χ0v) is 50.1. The lowest BCUT2D eigenvalue weighted by Gasteiger charge is -2.43. The summed E-state index contributed by atoms with van der Waals surface area (Å²) in [7, 11) is -2.87. The van der Waals surface area contributed by atoms with Gasteiger partial charge in [-0.05, 0) is 135 Å². The van der Waals surface area contributed by atoms with E-state index in [9.17, 15) is 0 Å². The molecule has 9 aromatic carbocycles. The summed E-state index contributed by atoms with van der Waals surface area (Å²) in [4.78, 5) is 7.59. The second kappa shape index (κ2) is 20.0. The summed E-state index contributed by atoms with van der Waals surface area (Å²) in [6.45, 7) is 27.5. The number of anilines is 7. The van der Waals surface area contributed by atoms with Crippen molar-refractivity contribution in [2.45, 2.75) is 105 Å². The van der Waals surface area contributed by atoms with Crippen molar-refractivity contribution in [3.8, 4) is 44.9 Å². The number of fused-ring (bicyclic) bond motifs is 5. The molecular weight excluding hydrogens is 1000 g/mol. The number of aromatic nitrogens is 1. The molecule has 1 unspecified atom stereocenters. The lowest BCUT2D eigenvalue weighted by Crippen LogP contribution is -2.75. The first-order chi connectivity index (χ1) is 38.7. The standard InChI is InChI=1S/C75H74N4OSi/c1-72(2,3)51-39-40-76-69(46-51)79-65-35-24-32-62-61-29-19-22-36-67(61)81(71(62)65,58-27-17-14-18-28-58)68-38-37-56(48-66(68)79)80-57-45-54(75(10,11)12)44-55(47-57)77-63-33-20-21-34-64(63)78-70-59(49-25-15-13-16-26-49)30-23-31-60(70)50-41-52(73(4,5)6)43-53(42-50)74(7,8)9/h13-48,77-78H,1-12H3. The summed E-state index contributed by atoms with van der Waals surface area (Å²) in [5, 5.41) is 13.5. The lowest BCUT2D eigenvalue weighted by molar-refractivity contribution is 0.479. The van der Waals surface area contributed by atoms with Crippen LogP contribution in [0.1, 0.15) is 105 Å². The van der Waals surface area contributed by atoms with Crippen LogP contribution in [0.3, 0.4) is 0 Å². The van der Waals surface area contributed by atoms with Crippen LogP contribution in [-0.4, -0.2) is 13.1 Å². The zero-order valence-electron chi connectivity index (χ0n) is 49.1. The van der Waals surface area contributed by atoms with Gasteiger partial charge in [0.05, 0.1) is 22.7 Å². The van der Waals surface area contributed by atoms with E-state index in [-0.39, 0.29) is 21.7 Å². The van der Waals surface area contributed by atoms with Crippen LogP contribution in [0.25, 0.3) is 33.4 Å². The van der Waals surface area contributed by atoms with E-state index in [1.54, 1.807) is 0 Å². The van der Waals surface area contributed by atoms with Gasteiger partial charge in [0, 0.05) is 40.8 Å². The fraction of sp³-hybridized carbons (Fsp3) is 0.213. The first-order valence-electron chi connectivity index (χ1n) is 28.7. The SMILES string of the molecule is CC(C)(C)c1cc(Nc2ccccc2Nc2c(-c3ccccc3)cccc2-c2cc(C(C)(C)C)cc(C(C)(C)C)c2)cc(Oc2ccc3c(c2)N(c2cc(C(C)(C)C)ccn2)c2cccc4c2[Si]3(c2ccccc2)c2ccccc2-4)c1. The van der Waals surface area contributed by atoms with Gasteiger partial charge in [-0.3, -0.25) is 4.90 Å². The fourth-order valence-corrected chi connectivity index (χ4v) is 17.6. The second-order valence-corrected chi connectivity index (χ2v) is 30.0. The Balaban J connectivity index is 0.973. The van der Waals surface area contributed by atoms with Gasteiger partial charge in [-0.1, -0.05) is 235 Å². The topological polar surface area (TPSA) is 49.4 Å². The summed E-state index contributed by atoms with van der Waals surface area (Å²) in [6.07, 6.45) is 1.97. The lowest BCUT2D eigenvalue weighted by atomic mass is 9.78. The van der Waals surface area contributed by atoms with Gasteiger partial charge < -0.3 is 15.4 Å². The van der Waals surface area contributed by atoms with Gasteiger partial charge in [-0.2, -0.15) is 0 Å². The highest BCUT2D eigenvalue weighted by molar-refractivity contribution is 7.23. The van der Waals surface area contributed by atoms with Crippen molar-refractivity contribution in [3.63, 3.8) is 0 Å². The Bertz CT molecular complexity index is 3990. The van der Waals surface area contributed by atoms with E-state index in [0.29, 0.717) is 0 Å². The summed E-state index contributed by atoms with van der Waals surface area (Å²) in [5.41, 5.74) is 18.0. The molecule has 5 nitrogen and oxygen atoms in total. The molecule has 2 aliphatic rings. The van der Waals surface area contributed by atoms with E-state index in [2.05, 4.69) is 311 Å². The molecule has 3 heterocycles. The van der Waals surface area contributed by atoms with Crippen LogP contribution in [-0.2, 0) is 21.7 Å². The predicted octanol–water partition coefficient (Wildman–Crippen LogP) is 18.0. The highest BCUT2D eigenvalue weighted by Crippen LogP contribution is 2.47. The van der Waals surface area contributed by atoms with Crippen molar-refractivity contribution in [1.82, 2.24) is 4.98 Å². The quantitative estimate of drug-likeness (QED) is 0.134. The molecule has 2 N–H and O–H groups in total. The van der Waals surface area contributed by atoms with Crippen molar-refractivity contribution < 1.29 is 4.74 Å². The maximum atomic E-state index is 7.23. The number of ether oxygens (including phenoxy) is 1. The predicted molar refractivity (Wildman–Crippen MR) is 347 cm³/mol. The van der Waals surface area contributed by atoms with E-state index >= 15 is 0 Å². The maximum Gasteiger partial charge on any atom is 0.185 e. The van der Waals surface area contributed by atoms with Crippen LogP contribution in [0.4, 0.5) is 39.9 Å². The number of nitrogens with zero attached hydrogens (tertiary/aromatic N) is 2. The average Bonchev–Trinajstić information content (AvgIpc) is 1.83. The van der Waals surface area contributed by atoms with Gasteiger partial charge in [-0.25, -0.2) is 4.98 Å². The highest BCUT2D eigenvalue weighted by Gasteiger charge is 2.55. The third-order valence-corrected chi connectivity index (χ3v) is 21.5. The first-order valence-corrected chi connectivity index (χ1v) is 30.7. The third-order valence-electron chi connectivity index (χ3n) is 16.5. The number of hydrogen-bond acceptors (Lipinski definition) is 5. The summed E-state index contributed by atoms with van der Waals surface area (Å²) >= 11 is 0. The molecule has 0 spiro atoms. The van der Waals surface area contributed by atoms with E-state index in [1.165, 1.54) is 59.8 Å². The molecule has 12 rings (SSSR count). The molecule has 0 fully saturated rings. The molecule has 1 aromatic heterocycles. The largest absolute Gasteiger partial charge is 0.457 e. The normalized spacial score (nSPS) is 14.7. The van der Waals surface area contributed by atoms with E-state index in [4.69, 9.17) is 9.72 Å². The number of benzene rings is 9. The van der Waals surface area contributed by atoms with E-state index < -0.39 is 8.07 Å². The Kier molecular flexibility index (Phi) is 13.1. The molecule has 404 valence electrons. The molecule has 1 atom stereocenters. The van der Waals surface area contributed by atoms with Crippen LogP contribution in [0.2, 0.25) is 0 Å². The van der Waals surface area contributed by atoms with Crippen LogP contribution in [0, 0.1) is 0 Å². The molecule has 10 aromatic rings. The smallest absolute Gasteiger partial charge is 0.185 e. The summed E-state index contributed by atoms with van der Waals surface area (Å²) in [6, 6.07) is 78.3. The number of nitrogens with one attached hydrogen (secondary N) is 2. The van der Waals surface area contributed by atoms with Crippen LogP contribution >= 0.6 is 0 Å². The summed E-state index contributed by atoms with van der Waals surface area (Å²) < 4.78 is 7.23. The molecule has 0 bridgehead atoms. The van der Waals surface area contributed by atoms with Crippen molar-refractivity contribution in [2.24, 2.45) is 0 Å². The molecule has 6 heteroatoms. The monoisotopic (exact) mass is 1070 g/mol. The molecule has 0 radical (unpaired) electrons. The van der Waals surface area contributed by atoms with Crippen molar-refractivity contribution in [1.29, 1.82) is 0 Å². The third kappa shape index (κ3) is 9.73. The first kappa shape index (κ1) is 53.2. The minimum Gasteiger partial charge on any atom is -0.457 e. The van der Waals surface area contributed by atoms with E-state index in [0.717, 1.165) is 68.0 Å². The number of para-hydroxylation sites is 3. The number of hydrogen-bond donors (Lipinski definition) is 2. The van der Waals surface area contributed by atoms with Gasteiger partial charge in [0.2, 0.25) is 0 Å². The Morgan fingerprint density at radius 1 is 0.395 bits per heavy atom. The van der Waals surface area contributed by atoms with Crippen molar-refractivity contribution in [3.05, 3.63) is 241 Å². The Morgan fingerprint density at radius 3 is 1.64 bits per heavy atom. The Morgan fingerprint density at radius 2 is 0.963 bits per heavy atom. The Hall–Kier alpha value is -8.45. The zero-order chi connectivity index (χ0) is 56.6. The maximum absolute atomic E-state index is 7.23. The molecule has 0 saturated carbocycles. The Labute approximate surface area is 481 Å². The van der Waals surface area contributed by atoms with Crippen LogP contribution in [0.15, 0.2) is 219 Å². The second-order valence-electron chi connectivity index (χ2n) is 26.3. The molecule has 81 heavy (non-hydrogen) atoms. The minimum atomic E-state index is -2.87.